The molecule has 0 spiro atoms. The highest BCUT2D eigenvalue weighted by Crippen LogP contribution is 2.24. The van der Waals surface area contributed by atoms with Crippen molar-refractivity contribution in [1.29, 1.82) is 0 Å². The summed E-state index contributed by atoms with van der Waals surface area (Å²) in [7, 11) is 0. The third kappa shape index (κ3) is 5.47. The fourth-order valence-electron chi connectivity index (χ4n) is 1.47. The lowest BCUT2D eigenvalue weighted by Crippen LogP contribution is -2.15. The van der Waals surface area contributed by atoms with E-state index in [-0.39, 0.29) is 5.75 Å². The van der Waals surface area contributed by atoms with Crippen molar-refractivity contribution in [2.45, 2.75) is 26.5 Å². The Bertz CT molecular complexity index is 397. The Hall–Kier alpha value is -1.13. The van der Waals surface area contributed by atoms with Crippen molar-refractivity contribution in [2.75, 3.05) is 6.54 Å². The maximum Gasteiger partial charge on any atom is 0.387 e. The van der Waals surface area contributed by atoms with Gasteiger partial charge in [0.2, 0.25) is 0 Å². The van der Waals surface area contributed by atoms with Crippen molar-refractivity contribution in [1.82, 2.24) is 5.32 Å². The van der Waals surface area contributed by atoms with E-state index in [1.54, 1.807) is 6.07 Å². The third-order valence-corrected chi connectivity index (χ3v) is 2.51. The van der Waals surface area contributed by atoms with Crippen LogP contribution in [0.3, 0.4) is 0 Å². The van der Waals surface area contributed by atoms with Crippen LogP contribution in [-0.4, -0.2) is 13.2 Å². The predicted octanol–water partition coefficient (Wildman–Crippen LogP) is 4.00. The zero-order valence-corrected chi connectivity index (χ0v) is 10.9. The van der Waals surface area contributed by atoms with Crippen molar-refractivity contribution in [3.63, 3.8) is 0 Å². The summed E-state index contributed by atoms with van der Waals surface area (Å²) in [5.74, 6) is 0.160. The van der Waals surface area contributed by atoms with Gasteiger partial charge in [-0.25, -0.2) is 0 Å². The van der Waals surface area contributed by atoms with Gasteiger partial charge >= 0.3 is 6.61 Å². The molecule has 0 saturated carbocycles. The molecule has 0 aliphatic carbocycles. The van der Waals surface area contributed by atoms with Gasteiger partial charge in [-0.15, -0.1) is 0 Å². The molecule has 0 radical (unpaired) electrons. The lowest BCUT2D eigenvalue weighted by atomic mass is 10.2. The Labute approximate surface area is 111 Å². The minimum atomic E-state index is -2.83. The maximum atomic E-state index is 12.2. The molecule has 1 rings (SSSR count). The summed E-state index contributed by atoms with van der Waals surface area (Å²) < 4.78 is 28.8. The summed E-state index contributed by atoms with van der Waals surface area (Å²) in [6, 6.07) is 4.61. The first-order valence-corrected chi connectivity index (χ1v) is 6.06. The van der Waals surface area contributed by atoms with E-state index in [0.717, 1.165) is 13.0 Å². The molecule has 1 aromatic carbocycles. The number of hydrogen-bond acceptors (Lipinski definition) is 2. The number of rotatable bonds is 7. The number of hydrogen-bond donors (Lipinski definition) is 1. The molecule has 0 bridgehead atoms. The number of nitrogens with one attached hydrogen (secondary N) is 1. The lowest BCUT2D eigenvalue weighted by Gasteiger charge is -2.11. The largest absolute Gasteiger partial charge is 0.434 e. The number of benzene rings is 1. The first kappa shape index (κ1) is 14.9. The van der Waals surface area contributed by atoms with Gasteiger partial charge < -0.3 is 10.1 Å². The second-order valence-electron chi connectivity index (χ2n) is 3.67. The van der Waals surface area contributed by atoms with Crippen LogP contribution >= 0.6 is 11.6 Å². The molecule has 0 saturated heterocycles. The highest BCUT2D eigenvalue weighted by Gasteiger charge is 2.09. The van der Waals surface area contributed by atoms with Crippen LogP contribution in [0.15, 0.2) is 30.4 Å². The standard InChI is InChI=1S/C13H16ClF2NO/c1-2-3-4-7-17-9-10-8-11(14)5-6-12(10)18-13(15)16/h2-3,5-6,8,13,17H,4,7,9H2,1H3/b3-2+. The zero-order chi connectivity index (χ0) is 13.4. The average molecular weight is 276 g/mol. The molecule has 0 aliphatic rings. The van der Waals surface area contributed by atoms with Crippen LogP contribution in [0.5, 0.6) is 5.75 Å². The highest BCUT2D eigenvalue weighted by atomic mass is 35.5. The normalized spacial score (nSPS) is 11.4. The molecular weight excluding hydrogens is 260 g/mol. The van der Waals surface area contributed by atoms with Crippen LogP contribution in [0.4, 0.5) is 8.78 Å². The topological polar surface area (TPSA) is 21.3 Å². The van der Waals surface area contributed by atoms with Gasteiger partial charge in [0, 0.05) is 17.1 Å². The molecule has 18 heavy (non-hydrogen) atoms. The summed E-state index contributed by atoms with van der Waals surface area (Å²) in [6.45, 7) is 0.337. The molecule has 0 atom stereocenters. The predicted molar refractivity (Wildman–Crippen MR) is 69.2 cm³/mol. The Morgan fingerprint density at radius 2 is 2.22 bits per heavy atom. The number of halogens is 3. The molecule has 100 valence electrons. The van der Waals surface area contributed by atoms with Gasteiger partial charge in [-0.3, -0.25) is 0 Å². The fourth-order valence-corrected chi connectivity index (χ4v) is 1.67. The van der Waals surface area contributed by atoms with Crippen LogP contribution in [0.1, 0.15) is 18.9 Å². The van der Waals surface area contributed by atoms with Crippen LogP contribution in [-0.2, 0) is 6.54 Å². The van der Waals surface area contributed by atoms with Crippen LogP contribution < -0.4 is 10.1 Å². The van der Waals surface area contributed by atoms with Crippen LogP contribution in [0, 0.1) is 0 Å². The van der Waals surface area contributed by atoms with Gasteiger partial charge in [-0.05, 0) is 38.1 Å². The molecule has 5 heteroatoms. The molecule has 0 heterocycles. The molecular formula is C13H16ClF2NO. The van der Waals surface area contributed by atoms with E-state index in [2.05, 4.69) is 10.1 Å². The maximum absolute atomic E-state index is 12.2. The van der Waals surface area contributed by atoms with Crippen molar-refractivity contribution >= 4 is 11.6 Å². The monoisotopic (exact) mass is 275 g/mol. The Balaban J connectivity index is 2.58. The number of allylic oxidation sites excluding steroid dienone is 1. The van der Waals surface area contributed by atoms with Crippen molar-refractivity contribution in [3.05, 3.63) is 40.9 Å². The van der Waals surface area contributed by atoms with E-state index in [1.807, 2.05) is 19.1 Å². The van der Waals surface area contributed by atoms with Gasteiger partial charge in [0.25, 0.3) is 0 Å². The molecule has 0 aliphatic heterocycles. The summed E-state index contributed by atoms with van der Waals surface area (Å²) in [5.41, 5.74) is 0.628. The van der Waals surface area contributed by atoms with E-state index in [4.69, 9.17) is 11.6 Å². The number of ether oxygens (including phenoxy) is 1. The van der Waals surface area contributed by atoms with Gasteiger partial charge in [0.05, 0.1) is 0 Å². The average Bonchev–Trinajstić information content (AvgIpc) is 2.31. The molecule has 0 aromatic heterocycles. The van der Waals surface area contributed by atoms with Crippen molar-refractivity contribution in [3.8, 4) is 5.75 Å². The van der Waals surface area contributed by atoms with Gasteiger partial charge in [-0.2, -0.15) is 8.78 Å². The molecule has 1 aromatic rings. The van der Waals surface area contributed by atoms with E-state index < -0.39 is 6.61 Å². The molecule has 1 N–H and O–H groups in total. The third-order valence-electron chi connectivity index (χ3n) is 2.28. The lowest BCUT2D eigenvalue weighted by molar-refractivity contribution is -0.0504. The Morgan fingerprint density at radius 3 is 2.89 bits per heavy atom. The minimum Gasteiger partial charge on any atom is -0.434 e. The number of alkyl halides is 2. The summed E-state index contributed by atoms with van der Waals surface area (Å²) in [6.07, 6.45) is 4.88. The van der Waals surface area contributed by atoms with Gasteiger partial charge in [0.1, 0.15) is 5.75 Å². The Morgan fingerprint density at radius 1 is 1.44 bits per heavy atom. The van der Waals surface area contributed by atoms with Crippen LogP contribution in [0.2, 0.25) is 5.02 Å². The van der Waals surface area contributed by atoms with E-state index in [1.165, 1.54) is 12.1 Å². The molecule has 0 unspecified atom stereocenters. The second kappa shape index (κ2) is 8.06. The van der Waals surface area contributed by atoms with Crippen LogP contribution in [0.25, 0.3) is 0 Å². The first-order valence-electron chi connectivity index (χ1n) is 5.68. The van der Waals surface area contributed by atoms with E-state index >= 15 is 0 Å². The molecule has 0 fully saturated rings. The molecule has 0 amide bonds. The summed E-state index contributed by atoms with van der Waals surface area (Å²) >= 11 is 5.83. The Kier molecular flexibility index (Phi) is 6.68. The minimum absolute atomic E-state index is 0.160. The van der Waals surface area contributed by atoms with E-state index in [9.17, 15) is 8.78 Å². The summed E-state index contributed by atoms with van der Waals surface area (Å²) in [4.78, 5) is 0. The van der Waals surface area contributed by atoms with Gasteiger partial charge in [0.15, 0.2) is 0 Å². The smallest absolute Gasteiger partial charge is 0.387 e. The van der Waals surface area contributed by atoms with Gasteiger partial charge in [-0.1, -0.05) is 23.8 Å². The van der Waals surface area contributed by atoms with E-state index in [0.29, 0.717) is 17.1 Å². The molecule has 2 nitrogen and oxygen atoms in total. The quantitative estimate of drug-likeness (QED) is 0.600. The fraction of sp³-hybridized carbons (Fsp3) is 0.385. The SMILES string of the molecule is C/C=C/CCNCc1cc(Cl)ccc1OC(F)F. The van der Waals surface area contributed by atoms with Crippen molar-refractivity contribution in [2.24, 2.45) is 0 Å². The zero-order valence-electron chi connectivity index (χ0n) is 10.1. The highest BCUT2D eigenvalue weighted by molar-refractivity contribution is 6.30. The van der Waals surface area contributed by atoms with Crippen molar-refractivity contribution < 1.29 is 13.5 Å². The summed E-state index contributed by atoms with van der Waals surface area (Å²) in [5, 5.41) is 3.64. The first-order chi connectivity index (χ1) is 8.63. The second-order valence-corrected chi connectivity index (χ2v) is 4.10.